The number of carbonyl (C=O) groups is 1. The number of carbonyl (C=O) groups excluding carboxylic acids is 1. The van der Waals surface area contributed by atoms with E-state index in [9.17, 15) is 4.79 Å². The highest BCUT2D eigenvalue weighted by atomic mass is 16.1. The molecule has 1 fully saturated rings. The lowest BCUT2D eigenvalue weighted by Crippen LogP contribution is -2.43. The topological polar surface area (TPSA) is 84.1 Å². The summed E-state index contributed by atoms with van der Waals surface area (Å²) in [5, 5.41) is 2.96. The molecule has 0 aliphatic carbocycles. The van der Waals surface area contributed by atoms with E-state index in [1.807, 2.05) is 0 Å². The monoisotopic (exact) mass is 235 g/mol. The molecule has 0 saturated carbocycles. The molecule has 1 aromatic heterocycles. The van der Waals surface area contributed by atoms with E-state index in [2.05, 4.69) is 27.2 Å². The summed E-state index contributed by atoms with van der Waals surface area (Å²) in [6.07, 6.45) is 4.79. The van der Waals surface area contributed by atoms with Crippen LogP contribution in [-0.2, 0) is 0 Å². The van der Waals surface area contributed by atoms with Gasteiger partial charge in [0.1, 0.15) is 11.5 Å². The summed E-state index contributed by atoms with van der Waals surface area (Å²) in [4.78, 5) is 21.9. The Labute approximate surface area is 100 Å². The van der Waals surface area contributed by atoms with Crippen LogP contribution >= 0.6 is 0 Å². The molecular formula is C11H17N5O. The second-order valence-electron chi connectivity index (χ2n) is 4.38. The van der Waals surface area contributed by atoms with Gasteiger partial charge in [0, 0.05) is 6.04 Å². The van der Waals surface area contributed by atoms with Crippen LogP contribution in [0.15, 0.2) is 12.4 Å². The summed E-state index contributed by atoms with van der Waals surface area (Å²) >= 11 is 0. The number of rotatable bonds is 2. The van der Waals surface area contributed by atoms with Crippen LogP contribution in [0.2, 0.25) is 0 Å². The quantitative estimate of drug-likeness (QED) is 0.746. The fourth-order valence-electron chi connectivity index (χ4n) is 1.90. The van der Waals surface area contributed by atoms with E-state index < -0.39 is 0 Å². The highest BCUT2D eigenvalue weighted by Gasteiger charge is 2.19. The summed E-state index contributed by atoms with van der Waals surface area (Å²) in [6.45, 7) is 2.01. The lowest BCUT2D eigenvalue weighted by Gasteiger charge is -2.29. The minimum absolute atomic E-state index is 0.195. The summed E-state index contributed by atoms with van der Waals surface area (Å²) in [5.41, 5.74) is 5.77. The Morgan fingerprint density at radius 1 is 1.47 bits per heavy atom. The summed E-state index contributed by atoms with van der Waals surface area (Å²) in [5.74, 6) is 0.0698. The molecule has 0 unspecified atom stereocenters. The van der Waals surface area contributed by atoms with Crippen LogP contribution in [0, 0.1) is 0 Å². The van der Waals surface area contributed by atoms with Gasteiger partial charge in [0.25, 0.3) is 5.91 Å². The first-order valence-electron chi connectivity index (χ1n) is 5.72. The van der Waals surface area contributed by atoms with Crippen molar-refractivity contribution in [3.05, 3.63) is 18.1 Å². The third-order valence-corrected chi connectivity index (χ3v) is 2.94. The smallest absolute Gasteiger partial charge is 0.271 e. The fraction of sp³-hybridized carbons (Fsp3) is 0.545. The second-order valence-corrected chi connectivity index (χ2v) is 4.38. The molecule has 1 amide bonds. The highest BCUT2D eigenvalue weighted by Crippen LogP contribution is 2.09. The zero-order valence-corrected chi connectivity index (χ0v) is 9.89. The van der Waals surface area contributed by atoms with Gasteiger partial charge in [0.2, 0.25) is 0 Å². The molecule has 6 nitrogen and oxygen atoms in total. The van der Waals surface area contributed by atoms with Crippen LogP contribution < -0.4 is 11.1 Å². The molecule has 1 aliphatic heterocycles. The van der Waals surface area contributed by atoms with E-state index in [0.29, 0.717) is 0 Å². The summed E-state index contributed by atoms with van der Waals surface area (Å²) in [6, 6.07) is 0.224. The molecule has 6 heteroatoms. The lowest BCUT2D eigenvalue weighted by molar-refractivity contribution is 0.0911. The molecule has 1 aromatic rings. The van der Waals surface area contributed by atoms with E-state index in [-0.39, 0.29) is 23.5 Å². The third kappa shape index (κ3) is 3.13. The molecule has 1 aliphatic rings. The Hall–Kier alpha value is -1.69. The number of hydrogen-bond acceptors (Lipinski definition) is 5. The second kappa shape index (κ2) is 5.09. The average Bonchev–Trinajstić information content (AvgIpc) is 2.32. The van der Waals surface area contributed by atoms with E-state index in [1.165, 1.54) is 12.4 Å². The molecule has 0 bridgehead atoms. The fourth-order valence-corrected chi connectivity index (χ4v) is 1.90. The number of nitrogen functional groups attached to an aromatic ring is 1. The maximum Gasteiger partial charge on any atom is 0.271 e. The number of aromatic nitrogens is 2. The predicted octanol–water partition coefficient (Wildman–Crippen LogP) is -0.117. The molecule has 1 saturated heterocycles. The number of piperidine rings is 1. The highest BCUT2D eigenvalue weighted by molar-refractivity contribution is 5.92. The van der Waals surface area contributed by atoms with Gasteiger partial charge in [0.15, 0.2) is 0 Å². The van der Waals surface area contributed by atoms with Crippen LogP contribution in [0.25, 0.3) is 0 Å². The number of nitrogens with zero attached hydrogens (tertiary/aromatic N) is 3. The van der Waals surface area contributed by atoms with Crippen molar-refractivity contribution in [2.75, 3.05) is 25.9 Å². The lowest BCUT2D eigenvalue weighted by atomic mass is 10.1. The number of hydrogen-bond donors (Lipinski definition) is 2. The molecular weight excluding hydrogens is 218 g/mol. The van der Waals surface area contributed by atoms with E-state index in [1.54, 1.807) is 0 Å². The Bertz CT molecular complexity index is 401. The van der Waals surface area contributed by atoms with Crippen LogP contribution in [-0.4, -0.2) is 47.0 Å². The summed E-state index contributed by atoms with van der Waals surface area (Å²) < 4.78 is 0. The van der Waals surface area contributed by atoms with Crippen molar-refractivity contribution in [2.45, 2.75) is 18.9 Å². The Morgan fingerprint density at radius 2 is 2.18 bits per heavy atom. The van der Waals surface area contributed by atoms with Crippen molar-refractivity contribution in [1.29, 1.82) is 0 Å². The maximum absolute atomic E-state index is 11.9. The predicted molar refractivity (Wildman–Crippen MR) is 64.4 cm³/mol. The molecule has 17 heavy (non-hydrogen) atoms. The molecule has 0 radical (unpaired) electrons. The van der Waals surface area contributed by atoms with Gasteiger partial charge in [-0.3, -0.25) is 9.78 Å². The van der Waals surface area contributed by atoms with Gasteiger partial charge in [-0.25, -0.2) is 4.98 Å². The third-order valence-electron chi connectivity index (χ3n) is 2.94. The standard InChI is InChI=1S/C11H17N5O/c1-16-4-2-8(3-5-16)14-11(17)9-6-13-7-10(12)15-9/h6-8H,2-5H2,1H3,(H2,12,15)(H,14,17). The number of likely N-dealkylation sites (tertiary alicyclic amines) is 1. The SMILES string of the molecule is CN1CCC(NC(=O)c2cncc(N)n2)CC1. The molecule has 92 valence electrons. The molecule has 0 aromatic carbocycles. The molecule has 2 heterocycles. The van der Waals surface area contributed by atoms with Crippen LogP contribution in [0.1, 0.15) is 23.3 Å². The van der Waals surface area contributed by atoms with Gasteiger partial charge in [0.05, 0.1) is 12.4 Å². The normalized spacial score (nSPS) is 17.9. The van der Waals surface area contributed by atoms with Gasteiger partial charge in [-0.1, -0.05) is 0 Å². The van der Waals surface area contributed by atoms with Gasteiger partial charge >= 0.3 is 0 Å². The zero-order chi connectivity index (χ0) is 12.3. The van der Waals surface area contributed by atoms with Gasteiger partial charge in [-0.2, -0.15) is 0 Å². The summed E-state index contributed by atoms with van der Waals surface area (Å²) in [7, 11) is 2.08. The van der Waals surface area contributed by atoms with E-state index in [0.717, 1.165) is 25.9 Å². The van der Waals surface area contributed by atoms with E-state index >= 15 is 0 Å². The van der Waals surface area contributed by atoms with Gasteiger partial charge < -0.3 is 16.0 Å². The van der Waals surface area contributed by atoms with E-state index in [4.69, 9.17) is 5.73 Å². The number of anilines is 1. The van der Waals surface area contributed by atoms with Crippen molar-refractivity contribution in [3.63, 3.8) is 0 Å². The van der Waals surface area contributed by atoms with Crippen LogP contribution in [0.5, 0.6) is 0 Å². The Morgan fingerprint density at radius 3 is 2.82 bits per heavy atom. The van der Waals surface area contributed by atoms with Crippen LogP contribution in [0.3, 0.4) is 0 Å². The largest absolute Gasteiger partial charge is 0.382 e. The van der Waals surface area contributed by atoms with Crippen molar-refractivity contribution in [2.24, 2.45) is 0 Å². The number of nitrogens with one attached hydrogen (secondary N) is 1. The Kier molecular flexibility index (Phi) is 3.53. The number of nitrogens with two attached hydrogens (primary N) is 1. The zero-order valence-electron chi connectivity index (χ0n) is 9.89. The minimum atomic E-state index is -0.195. The molecule has 2 rings (SSSR count). The molecule has 0 atom stereocenters. The molecule has 3 N–H and O–H groups in total. The van der Waals surface area contributed by atoms with Crippen molar-refractivity contribution < 1.29 is 4.79 Å². The van der Waals surface area contributed by atoms with Crippen molar-refractivity contribution >= 4 is 11.7 Å². The minimum Gasteiger partial charge on any atom is -0.382 e. The first-order valence-corrected chi connectivity index (χ1v) is 5.72. The maximum atomic E-state index is 11.9. The van der Waals surface area contributed by atoms with Crippen LogP contribution in [0.4, 0.5) is 5.82 Å². The van der Waals surface area contributed by atoms with Crippen molar-refractivity contribution in [1.82, 2.24) is 20.2 Å². The Balaban J connectivity index is 1.93. The average molecular weight is 235 g/mol. The number of amides is 1. The van der Waals surface area contributed by atoms with Gasteiger partial charge in [-0.15, -0.1) is 0 Å². The molecule has 0 spiro atoms. The van der Waals surface area contributed by atoms with Crippen molar-refractivity contribution in [3.8, 4) is 0 Å². The first-order chi connectivity index (χ1) is 8.15. The van der Waals surface area contributed by atoms with Gasteiger partial charge in [-0.05, 0) is 33.0 Å². The first kappa shape index (κ1) is 11.8.